The molecule has 5 rings (SSSR count). The lowest BCUT2D eigenvalue weighted by molar-refractivity contribution is -0.160. The second kappa shape index (κ2) is 17.1. The summed E-state index contributed by atoms with van der Waals surface area (Å²) in [5.74, 6) is -0.538. The second-order valence-corrected chi connectivity index (χ2v) is 14.5. The highest BCUT2D eigenvalue weighted by atomic mass is 16.6. The van der Waals surface area contributed by atoms with Crippen LogP contribution in [-0.4, -0.2) is 92.4 Å². The normalized spacial score (nSPS) is 30.1. The molecule has 5 N–H and O–H groups in total. The van der Waals surface area contributed by atoms with Gasteiger partial charge in [-0.2, -0.15) is 0 Å². The highest BCUT2D eigenvalue weighted by Gasteiger charge is 2.39. The Morgan fingerprint density at radius 3 is 2.36 bits per heavy atom. The molecule has 0 saturated heterocycles. The largest absolute Gasteiger partial charge is 0.505 e. The topological polar surface area (TPSA) is 198 Å². The molecule has 3 heterocycles. The summed E-state index contributed by atoms with van der Waals surface area (Å²) < 4.78 is 24.4. The smallest absolute Gasteiger partial charge is 0.343 e. The summed E-state index contributed by atoms with van der Waals surface area (Å²) in [5, 5.41) is 48.5. The molecule has 3 aromatic rings. The summed E-state index contributed by atoms with van der Waals surface area (Å²) in [6.07, 6.45) is 3.93. The molecule has 14 heteroatoms. The van der Waals surface area contributed by atoms with Crippen molar-refractivity contribution < 1.29 is 53.8 Å². The molecule has 1 aliphatic heterocycles. The minimum atomic E-state index is -1.27. The van der Waals surface area contributed by atoms with Crippen molar-refractivity contribution in [2.75, 3.05) is 19.5 Å². The number of hydrogen-bond donors (Lipinski definition) is 5. The monoisotopic (exact) mass is 771 g/mol. The molecule has 1 aromatic carbocycles. The molecule has 14 nitrogen and oxygen atoms in total. The number of carbonyl (C=O) groups is 3. The van der Waals surface area contributed by atoms with Crippen LogP contribution >= 0.6 is 0 Å². The van der Waals surface area contributed by atoms with Gasteiger partial charge >= 0.3 is 11.9 Å². The number of aromatic nitrogens is 2. The average Bonchev–Trinajstić information content (AvgIpc) is 3.46. The quantitative estimate of drug-likeness (QED) is 0.149. The predicted octanol–water partition coefficient (Wildman–Crippen LogP) is 3.07. The number of methoxy groups -OCH3 is 2. The Labute approximate surface area is 324 Å². The number of hydrogen-bond acceptors (Lipinski definition) is 12. The zero-order chi connectivity index (χ0) is 41.2. The fourth-order valence-electron chi connectivity index (χ4n) is 7.34. The van der Waals surface area contributed by atoms with Crippen molar-refractivity contribution in [3.8, 4) is 17.6 Å². The molecule has 0 saturated carbocycles. The molecule has 1 aliphatic carbocycles. The van der Waals surface area contributed by atoms with Gasteiger partial charge in [-0.25, -0.2) is 9.78 Å². The van der Waals surface area contributed by atoms with Gasteiger partial charge in [0.05, 0.1) is 35.4 Å². The summed E-state index contributed by atoms with van der Waals surface area (Å²) in [6.45, 7) is 11.6. The number of amides is 1. The van der Waals surface area contributed by atoms with E-state index in [1.54, 1.807) is 69.5 Å². The summed E-state index contributed by atoms with van der Waals surface area (Å²) in [7, 11) is 2.74. The highest BCUT2D eigenvalue weighted by molar-refractivity contribution is 6.16. The molecule has 2 aliphatic rings. The van der Waals surface area contributed by atoms with Crippen molar-refractivity contribution in [1.29, 1.82) is 0 Å². The van der Waals surface area contributed by atoms with E-state index >= 15 is 0 Å². The van der Waals surface area contributed by atoms with Gasteiger partial charge in [-0.15, -0.1) is 0 Å². The highest BCUT2D eigenvalue weighted by Crippen LogP contribution is 2.33. The standard InChI is InChI=1S/C42H49N3O11/c1-20-15-17-45-30(19-20)43-34-33-31-27(47)13-14-29(54-9)32(33)42(52)55-18-16-28(53-8)23(4)40(56-26(7)46)25(6)38(49)24(5)37(48)21(2)11-10-12-22(3)41(51)44-35(36(34)45)39(31)50/h10-12,15-19,21,23-25,28-29,37-38,40,47-50H,1-9H3,(H,44,51)/b11-10+,18-16+,22-12-/t21-,23+,24+,25+,28-,29?,37-,38+,40+/m0/s1. The Bertz CT molecular complexity index is 2330. The van der Waals surface area contributed by atoms with Crippen LogP contribution in [0, 0.1) is 42.4 Å². The number of aliphatic hydroxyl groups excluding tert-OH is 3. The summed E-state index contributed by atoms with van der Waals surface area (Å²) >= 11 is 0. The SMILES string of the molecule is COC1C#CC(O)=c2c(O)c3c4c(nc5cc(C)ccn54)c2=C1C(=O)O/C=C/[C@H](OC)[C@@H](C)[C@@H](OC(C)=O)[C@H](C)[C@H](O)[C@H](C)[C@@H](O)[C@@H](C)/C=C/C=C(/C)C(=O)N3. The molecule has 56 heavy (non-hydrogen) atoms. The number of aliphatic hydroxyl groups is 3. The minimum absolute atomic E-state index is 0.0400. The van der Waals surface area contributed by atoms with Gasteiger partial charge in [0.2, 0.25) is 0 Å². The second-order valence-electron chi connectivity index (χ2n) is 14.5. The summed E-state index contributed by atoms with van der Waals surface area (Å²) in [4.78, 5) is 45.1. The number of benzene rings is 1. The van der Waals surface area contributed by atoms with E-state index in [1.807, 2.05) is 6.92 Å². The van der Waals surface area contributed by atoms with E-state index in [2.05, 4.69) is 17.2 Å². The molecule has 9 atom stereocenters. The van der Waals surface area contributed by atoms with Crippen molar-refractivity contribution in [3.63, 3.8) is 0 Å². The van der Waals surface area contributed by atoms with E-state index in [9.17, 15) is 34.8 Å². The van der Waals surface area contributed by atoms with E-state index < -0.39 is 83.5 Å². The third-order valence-electron chi connectivity index (χ3n) is 10.6. The van der Waals surface area contributed by atoms with Gasteiger partial charge in [-0.3, -0.25) is 14.0 Å². The number of ether oxygens (including phenoxy) is 4. The number of esters is 2. The van der Waals surface area contributed by atoms with E-state index in [1.165, 1.54) is 33.3 Å². The Morgan fingerprint density at radius 1 is 0.982 bits per heavy atom. The molecule has 0 spiro atoms. The van der Waals surface area contributed by atoms with Crippen molar-refractivity contribution in [3.05, 3.63) is 70.5 Å². The number of cyclic esters (lactones) is 1. The number of phenolic OH excluding ortho intramolecular Hbond substituents is 1. The van der Waals surface area contributed by atoms with Crippen molar-refractivity contribution in [2.45, 2.75) is 79.0 Å². The van der Waals surface area contributed by atoms with Gasteiger partial charge in [0.15, 0.2) is 17.6 Å². The Kier molecular flexibility index (Phi) is 12.8. The molecule has 1 unspecified atom stereocenters. The molecule has 1 amide bonds. The number of nitrogens with one attached hydrogen (secondary N) is 1. The molecule has 298 valence electrons. The van der Waals surface area contributed by atoms with Gasteiger partial charge in [0.1, 0.15) is 28.5 Å². The van der Waals surface area contributed by atoms with E-state index in [-0.39, 0.29) is 38.3 Å². The van der Waals surface area contributed by atoms with Crippen molar-refractivity contribution in [1.82, 2.24) is 9.38 Å². The maximum absolute atomic E-state index is 14.2. The maximum atomic E-state index is 14.2. The zero-order valence-electron chi connectivity index (χ0n) is 32.9. The van der Waals surface area contributed by atoms with Crippen LogP contribution in [0.5, 0.6) is 5.75 Å². The minimum Gasteiger partial charge on any atom is -0.505 e. The first kappa shape index (κ1) is 41.7. The summed E-state index contributed by atoms with van der Waals surface area (Å²) in [6, 6.07) is 3.58. The number of anilines is 1. The fourth-order valence-corrected chi connectivity index (χ4v) is 7.34. The van der Waals surface area contributed by atoms with Gasteiger partial charge in [0, 0.05) is 61.8 Å². The van der Waals surface area contributed by atoms with Crippen LogP contribution in [0.15, 0.2) is 54.5 Å². The van der Waals surface area contributed by atoms with Crippen LogP contribution in [0.2, 0.25) is 0 Å². The van der Waals surface area contributed by atoms with Crippen LogP contribution in [0.1, 0.15) is 47.1 Å². The lowest BCUT2D eigenvalue weighted by atomic mass is 9.78. The molecular weight excluding hydrogens is 722 g/mol. The van der Waals surface area contributed by atoms with Gasteiger partial charge in [-0.1, -0.05) is 51.8 Å². The predicted molar refractivity (Wildman–Crippen MR) is 208 cm³/mol. The first-order chi connectivity index (χ1) is 26.5. The van der Waals surface area contributed by atoms with Crippen LogP contribution in [0.3, 0.4) is 0 Å². The fraction of sp³-hybridized carbons (Fsp3) is 0.429. The lowest BCUT2D eigenvalue weighted by Crippen LogP contribution is -2.46. The zero-order valence-corrected chi connectivity index (χ0v) is 32.9. The number of pyridine rings is 1. The first-order valence-corrected chi connectivity index (χ1v) is 18.3. The molecule has 0 fully saturated rings. The number of allylic oxidation sites excluding steroid dienone is 2. The molecular formula is C42H49N3O11. The Morgan fingerprint density at radius 2 is 1.70 bits per heavy atom. The van der Waals surface area contributed by atoms with Crippen LogP contribution < -0.4 is 15.8 Å². The van der Waals surface area contributed by atoms with Crippen LogP contribution in [0.4, 0.5) is 5.69 Å². The Hall–Kier alpha value is -5.46. The molecule has 2 bridgehead atoms. The third kappa shape index (κ3) is 8.08. The average molecular weight is 772 g/mol. The van der Waals surface area contributed by atoms with Gasteiger partial charge < -0.3 is 44.7 Å². The number of phenols is 1. The van der Waals surface area contributed by atoms with Crippen LogP contribution in [-0.2, 0) is 33.3 Å². The third-order valence-corrected chi connectivity index (χ3v) is 10.6. The number of carbonyl (C=O) groups excluding carboxylic acids is 3. The molecule has 2 aromatic heterocycles. The van der Waals surface area contributed by atoms with Gasteiger partial charge in [-0.05, 0) is 43.5 Å². The molecule has 0 radical (unpaired) electrons. The summed E-state index contributed by atoms with van der Waals surface area (Å²) in [5.41, 5.74) is 1.51. The number of nitrogens with zero attached hydrogens (tertiary/aromatic N) is 2. The van der Waals surface area contributed by atoms with Crippen LogP contribution in [0.25, 0.3) is 28.0 Å². The van der Waals surface area contributed by atoms with E-state index in [0.717, 1.165) is 11.8 Å². The first-order valence-electron chi connectivity index (χ1n) is 18.3. The number of aryl methyl sites for hydroxylation is 1. The maximum Gasteiger partial charge on any atom is 0.343 e. The van der Waals surface area contributed by atoms with E-state index in [0.29, 0.717) is 5.65 Å². The van der Waals surface area contributed by atoms with Crippen molar-refractivity contribution in [2.24, 2.45) is 23.7 Å². The number of imidazole rings is 1. The van der Waals surface area contributed by atoms with Crippen molar-refractivity contribution >= 4 is 51.5 Å². The Balaban J connectivity index is 1.81. The number of fused-ring (bicyclic) bond motifs is 1. The van der Waals surface area contributed by atoms with Gasteiger partial charge in [0.25, 0.3) is 5.91 Å². The number of aromatic hydroxyl groups is 1. The lowest BCUT2D eigenvalue weighted by Gasteiger charge is -2.38. The van der Waals surface area contributed by atoms with E-state index in [4.69, 9.17) is 23.9 Å². The number of rotatable bonds is 3.